The Balaban J connectivity index is 1.51. The fourth-order valence-electron chi connectivity index (χ4n) is 2.77. The van der Waals surface area contributed by atoms with Gasteiger partial charge in [-0.25, -0.2) is 15.0 Å². The van der Waals surface area contributed by atoms with Gasteiger partial charge in [0, 0.05) is 29.5 Å². The molecule has 0 bridgehead atoms. The van der Waals surface area contributed by atoms with E-state index < -0.39 is 5.91 Å². The van der Waals surface area contributed by atoms with Crippen LogP contribution in [0.4, 0.5) is 11.4 Å². The Morgan fingerprint density at radius 1 is 0.935 bits per heavy atom. The van der Waals surface area contributed by atoms with Gasteiger partial charge in [0.25, 0.3) is 11.8 Å². The summed E-state index contributed by atoms with van der Waals surface area (Å²) in [6, 6.07) is 15.5. The molecule has 0 aliphatic carbocycles. The Morgan fingerprint density at radius 3 is 2.55 bits per heavy atom. The minimum atomic E-state index is -0.430. The molecular formula is C22H17N5O3S. The largest absolute Gasteiger partial charge is 0.497 e. The highest BCUT2D eigenvalue weighted by molar-refractivity contribution is 7.13. The summed E-state index contributed by atoms with van der Waals surface area (Å²) in [5, 5.41) is 7.73. The van der Waals surface area contributed by atoms with E-state index in [9.17, 15) is 9.59 Å². The van der Waals surface area contributed by atoms with Crippen molar-refractivity contribution in [3.63, 3.8) is 0 Å². The first-order valence-electron chi connectivity index (χ1n) is 9.23. The molecule has 0 aliphatic rings. The number of rotatable bonds is 6. The Kier molecular flexibility index (Phi) is 5.95. The second-order valence-electron chi connectivity index (χ2n) is 6.30. The minimum absolute atomic E-state index is 0.218. The van der Waals surface area contributed by atoms with Crippen molar-refractivity contribution >= 4 is 34.5 Å². The summed E-state index contributed by atoms with van der Waals surface area (Å²) < 4.78 is 5.18. The average molecular weight is 431 g/mol. The van der Waals surface area contributed by atoms with E-state index in [1.807, 2.05) is 0 Å². The molecule has 0 spiro atoms. The van der Waals surface area contributed by atoms with Crippen molar-refractivity contribution in [3.05, 3.63) is 83.6 Å². The SMILES string of the molecule is COc1cccc(NC(=O)c2ccccc2NC(=O)c2csc(-c3ncccn3)n2)c1. The molecule has 2 aromatic carbocycles. The van der Waals surface area contributed by atoms with Gasteiger partial charge in [-0.3, -0.25) is 9.59 Å². The quantitative estimate of drug-likeness (QED) is 0.476. The molecule has 0 atom stereocenters. The number of hydrogen-bond acceptors (Lipinski definition) is 7. The van der Waals surface area contributed by atoms with Gasteiger partial charge >= 0.3 is 0 Å². The Bertz CT molecular complexity index is 1230. The van der Waals surface area contributed by atoms with Crippen LogP contribution in [0.3, 0.4) is 0 Å². The summed E-state index contributed by atoms with van der Waals surface area (Å²) in [6.07, 6.45) is 3.22. The number of carbonyl (C=O) groups is 2. The number of nitrogens with zero attached hydrogens (tertiary/aromatic N) is 3. The number of carbonyl (C=O) groups excluding carboxylic acids is 2. The second kappa shape index (κ2) is 9.14. The van der Waals surface area contributed by atoms with Crippen LogP contribution >= 0.6 is 11.3 Å². The van der Waals surface area contributed by atoms with Crippen molar-refractivity contribution in [1.29, 1.82) is 0 Å². The number of amides is 2. The maximum Gasteiger partial charge on any atom is 0.275 e. The van der Waals surface area contributed by atoms with Gasteiger partial charge in [0.1, 0.15) is 11.4 Å². The molecule has 0 fully saturated rings. The van der Waals surface area contributed by atoms with E-state index in [-0.39, 0.29) is 11.6 Å². The lowest BCUT2D eigenvalue weighted by atomic mass is 10.1. The van der Waals surface area contributed by atoms with Crippen LogP contribution in [0, 0.1) is 0 Å². The van der Waals surface area contributed by atoms with Gasteiger partial charge < -0.3 is 15.4 Å². The van der Waals surface area contributed by atoms with E-state index >= 15 is 0 Å². The molecule has 154 valence electrons. The molecule has 0 saturated carbocycles. The highest BCUT2D eigenvalue weighted by Crippen LogP contribution is 2.23. The van der Waals surface area contributed by atoms with Crippen molar-refractivity contribution < 1.29 is 14.3 Å². The molecule has 8 nitrogen and oxygen atoms in total. The van der Waals surface area contributed by atoms with E-state index in [0.717, 1.165) is 0 Å². The summed E-state index contributed by atoms with van der Waals surface area (Å²) in [4.78, 5) is 38.1. The lowest BCUT2D eigenvalue weighted by molar-refractivity contribution is 0.102. The second-order valence-corrected chi connectivity index (χ2v) is 7.15. The number of nitrogens with one attached hydrogen (secondary N) is 2. The highest BCUT2D eigenvalue weighted by Gasteiger charge is 2.17. The zero-order valence-electron chi connectivity index (χ0n) is 16.4. The predicted molar refractivity (Wildman–Crippen MR) is 118 cm³/mol. The Morgan fingerprint density at radius 2 is 1.74 bits per heavy atom. The molecule has 2 aromatic heterocycles. The molecular weight excluding hydrogens is 414 g/mol. The van der Waals surface area contributed by atoms with Gasteiger partial charge in [-0.15, -0.1) is 11.3 Å². The zero-order valence-corrected chi connectivity index (χ0v) is 17.2. The normalized spacial score (nSPS) is 10.4. The van der Waals surface area contributed by atoms with Crippen molar-refractivity contribution in [2.75, 3.05) is 17.7 Å². The molecule has 0 saturated heterocycles. The van der Waals surface area contributed by atoms with E-state index in [1.54, 1.807) is 79.5 Å². The van der Waals surface area contributed by atoms with E-state index in [0.29, 0.717) is 33.5 Å². The van der Waals surface area contributed by atoms with Gasteiger partial charge in [0.05, 0.1) is 18.4 Å². The molecule has 2 amide bonds. The molecule has 31 heavy (non-hydrogen) atoms. The van der Waals surface area contributed by atoms with E-state index in [2.05, 4.69) is 25.6 Å². The van der Waals surface area contributed by atoms with Crippen LogP contribution in [0.2, 0.25) is 0 Å². The molecule has 4 rings (SSSR count). The number of ether oxygens (including phenoxy) is 1. The predicted octanol–water partition coefficient (Wildman–Crippen LogP) is 4.11. The van der Waals surface area contributed by atoms with Crippen LogP contribution in [0.25, 0.3) is 10.8 Å². The van der Waals surface area contributed by atoms with Crippen LogP contribution in [-0.2, 0) is 0 Å². The number of anilines is 2. The van der Waals surface area contributed by atoms with Crippen molar-refractivity contribution in [1.82, 2.24) is 15.0 Å². The van der Waals surface area contributed by atoms with Crippen molar-refractivity contribution in [3.8, 4) is 16.6 Å². The molecule has 9 heteroatoms. The van der Waals surface area contributed by atoms with Crippen molar-refractivity contribution in [2.24, 2.45) is 0 Å². The van der Waals surface area contributed by atoms with Gasteiger partial charge in [-0.2, -0.15) is 0 Å². The fraction of sp³-hybridized carbons (Fsp3) is 0.0455. The van der Waals surface area contributed by atoms with Crippen LogP contribution in [0.5, 0.6) is 5.75 Å². The number of aromatic nitrogens is 3. The number of thiazole rings is 1. The number of para-hydroxylation sites is 1. The topological polar surface area (TPSA) is 106 Å². The Labute approximate surface area is 182 Å². The molecule has 2 heterocycles. The average Bonchev–Trinajstić information content (AvgIpc) is 3.31. The standard InChI is InChI=1S/C22H17N5O3S/c1-30-15-7-4-6-14(12-15)25-20(28)16-8-2-3-9-17(16)26-21(29)18-13-31-22(27-18)19-23-10-5-11-24-19/h2-13H,1H3,(H,25,28)(H,26,29). The summed E-state index contributed by atoms with van der Waals surface area (Å²) >= 11 is 1.27. The van der Waals surface area contributed by atoms with Crippen molar-refractivity contribution in [2.45, 2.75) is 0 Å². The smallest absolute Gasteiger partial charge is 0.275 e. The molecule has 0 aliphatic heterocycles. The first kappa shape index (κ1) is 20.2. The third-order valence-electron chi connectivity index (χ3n) is 4.24. The molecule has 4 aromatic rings. The van der Waals surface area contributed by atoms with Crippen LogP contribution in [-0.4, -0.2) is 33.9 Å². The van der Waals surface area contributed by atoms with Gasteiger partial charge in [0.2, 0.25) is 0 Å². The monoisotopic (exact) mass is 431 g/mol. The number of benzene rings is 2. The summed E-state index contributed by atoms with van der Waals surface area (Å²) in [6.45, 7) is 0. The molecule has 2 N–H and O–H groups in total. The summed E-state index contributed by atoms with van der Waals surface area (Å²) in [7, 11) is 1.56. The minimum Gasteiger partial charge on any atom is -0.497 e. The molecule has 0 unspecified atom stereocenters. The maximum atomic E-state index is 12.8. The first-order valence-corrected chi connectivity index (χ1v) is 10.1. The Hall–Kier alpha value is -4.11. The number of hydrogen-bond donors (Lipinski definition) is 2. The van der Waals surface area contributed by atoms with Crippen LogP contribution in [0.15, 0.2) is 72.4 Å². The molecule has 0 radical (unpaired) electrons. The van der Waals surface area contributed by atoms with E-state index in [1.165, 1.54) is 11.3 Å². The third-order valence-corrected chi connectivity index (χ3v) is 5.08. The van der Waals surface area contributed by atoms with Crippen LogP contribution < -0.4 is 15.4 Å². The zero-order chi connectivity index (χ0) is 21.6. The fourth-order valence-corrected chi connectivity index (χ4v) is 3.51. The lowest BCUT2D eigenvalue weighted by Gasteiger charge is -2.11. The first-order chi connectivity index (χ1) is 15.1. The van der Waals surface area contributed by atoms with E-state index in [4.69, 9.17) is 4.74 Å². The lowest BCUT2D eigenvalue weighted by Crippen LogP contribution is -2.18. The third kappa shape index (κ3) is 4.73. The number of methoxy groups -OCH3 is 1. The van der Waals surface area contributed by atoms with Gasteiger partial charge in [-0.1, -0.05) is 18.2 Å². The summed E-state index contributed by atoms with van der Waals surface area (Å²) in [5.41, 5.74) is 1.49. The van der Waals surface area contributed by atoms with Gasteiger partial charge in [-0.05, 0) is 30.3 Å². The van der Waals surface area contributed by atoms with Gasteiger partial charge in [0.15, 0.2) is 10.8 Å². The maximum absolute atomic E-state index is 12.8. The highest BCUT2D eigenvalue weighted by atomic mass is 32.1. The summed E-state index contributed by atoms with van der Waals surface area (Å²) in [5.74, 6) is 0.284. The van der Waals surface area contributed by atoms with Crippen LogP contribution in [0.1, 0.15) is 20.8 Å².